The third kappa shape index (κ3) is 2.48. The predicted octanol–water partition coefficient (Wildman–Crippen LogP) is 1.16. The second-order valence-corrected chi connectivity index (χ2v) is 5.32. The molecule has 1 unspecified atom stereocenters. The zero-order valence-corrected chi connectivity index (χ0v) is 12.3. The molecule has 114 valence electrons. The summed E-state index contributed by atoms with van der Waals surface area (Å²) in [5.41, 5.74) is 0.888. The van der Waals surface area contributed by atoms with Crippen LogP contribution in [0.5, 0.6) is 0 Å². The molecule has 6 nitrogen and oxygen atoms in total. The first kappa shape index (κ1) is 14.3. The number of hydrogen-bond donors (Lipinski definition) is 3. The highest BCUT2D eigenvalue weighted by molar-refractivity contribution is 5.82. The average Bonchev–Trinajstić information content (AvgIpc) is 2.85. The van der Waals surface area contributed by atoms with Crippen molar-refractivity contribution in [3.8, 4) is 0 Å². The number of benzene rings is 1. The van der Waals surface area contributed by atoms with Gasteiger partial charge in [-0.3, -0.25) is 0 Å². The van der Waals surface area contributed by atoms with E-state index in [1.807, 2.05) is 35.9 Å². The number of carboxylic acids is 1. The lowest BCUT2D eigenvalue weighted by Crippen LogP contribution is -2.55. The standard InChI is InChI=1S/C16H18N4O2/c1-20-13-7-3-2-6-12(13)19-14(20)10-17-11-16(15(21)22)8-4-5-9-18-16/h2-9,17-18H,10-11H2,1H3,(H,21,22). The van der Waals surface area contributed by atoms with Gasteiger partial charge in [-0.1, -0.05) is 18.2 Å². The molecular formula is C16H18N4O2. The van der Waals surface area contributed by atoms with Crippen LogP contribution in [0, 0.1) is 0 Å². The summed E-state index contributed by atoms with van der Waals surface area (Å²) in [6.07, 6.45) is 6.80. The zero-order valence-electron chi connectivity index (χ0n) is 12.3. The van der Waals surface area contributed by atoms with Crippen molar-refractivity contribution >= 4 is 17.0 Å². The van der Waals surface area contributed by atoms with Gasteiger partial charge in [-0.25, -0.2) is 9.78 Å². The Morgan fingerprint density at radius 3 is 2.91 bits per heavy atom. The Hall–Kier alpha value is -2.60. The molecular weight excluding hydrogens is 280 g/mol. The summed E-state index contributed by atoms with van der Waals surface area (Å²) in [5.74, 6) is -0.0392. The van der Waals surface area contributed by atoms with Crippen LogP contribution in [-0.4, -0.2) is 32.7 Å². The van der Waals surface area contributed by atoms with Crippen LogP contribution in [0.2, 0.25) is 0 Å². The van der Waals surface area contributed by atoms with Crippen LogP contribution in [0.3, 0.4) is 0 Å². The fourth-order valence-corrected chi connectivity index (χ4v) is 2.56. The van der Waals surface area contributed by atoms with Gasteiger partial charge in [-0.05, 0) is 30.5 Å². The number of aromatic nitrogens is 2. The summed E-state index contributed by atoms with van der Waals surface area (Å²) in [4.78, 5) is 16.1. The summed E-state index contributed by atoms with van der Waals surface area (Å²) < 4.78 is 2.01. The molecule has 6 heteroatoms. The van der Waals surface area contributed by atoms with Crippen LogP contribution in [0.25, 0.3) is 11.0 Å². The van der Waals surface area contributed by atoms with Crippen molar-refractivity contribution in [2.24, 2.45) is 7.05 Å². The number of fused-ring (bicyclic) bond motifs is 1. The SMILES string of the molecule is Cn1c(CNCC2(C(=O)O)C=CC=CN2)nc2ccccc21. The van der Waals surface area contributed by atoms with Crippen molar-refractivity contribution in [3.63, 3.8) is 0 Å². The van der Waals surface area contributed by atoms with E-state index in [1.54, 1.807) is 24.4 Å². The van der Waals surface area contributed by atoms with Gasteiger partial charge in [0.15, 0.2) is 5.54 Å². The van der Waals surface area contributed by atoms with E-state index >= 15 is 0 Å². The van der Waals surface area contributed by atoms with Crippen LogP contribution in [0.4, 0.5) is 0 Å². The number of nitrogens with zero attached hydrogens (tertiary/aromatic N) is 2. The fourth-order valence-electron chi connectivity index (χ4n) is 2.56. The summed E-state index contributed by atoms with van der Waals surface area (Å²) in [5, 5.41) is 15.5. The lowest BCUT2D eigenvalue weighted by molar-refractivity contribution is -0.142. The molecule has 0 amide bonds. The van der Waals surface area contributed by atoms with Crippen molar-refractivity contribution in [2.75, 3.05) is 6.54 Å². The van der Waals surface area contributed by atoms with E-state index in [1.165, 1.54) is 0 Å². The predicted molar refractivity (Wildman–Crippen MR) is 84.2 cm³/mol. The topological polar surface area (TPSA) is 79.2 Å². The van der Waals surface area contributed by atoms with Crippen molar-refractivity contribution in [1.29, 1.82) is 0 Å². The molecule has 0 radical (unpaired) electrons. The maximum absolute atomic E-state index is 11.5. The molecule has 0 bridgehead atoms. The molecule has 0 spiro atoms. The molecule has 22 heavy (non-hydrogen) atoms. The molecule has 1 aromatic heterocycles. The molecule has 0 fully saturated rings. The number of aryl methyl sites for hydroxylation is 1. The number of carbonyl (C=O) groups is 1. The third-order valence-electron chi connectivity index (χ3n) is 3.88. The number of rotatable bonds is 5. The maximum atomic E-state index is 11.5. The van der Waals surface area contributed by atoms with Crippen molar-refractivity contribution in [3.05, 3.63) is 54.5 Å². The summed E-state index contributed by atoms with van der Waals surface area (Å²) in [6.45, 7) is 0.770. The molecule has 3 N–H and O–H groups in total. The Kier molecular flexibility index (Phi) is 3.68. The molecule has 0 saturated carbocycles. The van der Waals surface area contributed by atoms with Crippen molar-refractivity contribution < 1.29 is 9.90 Å². The van der Waals surface area contributed by atoms with Gasteiger partial charge in [0.2, 0.25) is 0 Å². The smallest absolute Gasteiger partial charge is 0.334 e. The molecule has 1 aliphatic heterocycles. The Morgan fingerprint density at radius 1 is 1.41 bits per heavy atom. The number of allylic oxidation sites excluding steroid dienone is 2. The van der Waals surface area contributed by atoms with E-state index in [4.69, 9.17) is 0 Å². The molecule has 1 aliphatic rings. The lowest BCUT2D eigenvalue weighted by atomic mass is 9.97. The van der Waals surface area contributed by atoms with Gasteiger partial charge < -0.3 is 20.3 Å². The van der Waals surface area contributed by atoms with Crippen molar-refractivity contribution in [2.45, 2.75) is 12.1 Å². The summed E-state index contributed by atoms with van der Waals surface area (Å²) >= 11 is 0. The molecule has 2 heterocycles. The van der Waals surface area contributed by atoms with Crippen molar-refractivity contribution in [1.82, 2.24) is 20.2 Å². The van der Waals surface area contributed by atoms with E-state index in [2.05, 4.69) is 15.6 Å². The minimum Gasteiger partial charge on any atom is -0.479 e. The van der Waals surface area contributed by atoms with Gasteiger partial charge in [0.05, 0.1) is 17.6 Å². The van der Waals surface area contributed by atoms with Gasteiger partial charge in [0.25, 0.3) is 0 Å². The largest absolute Gasteiger partial charge is 0.479 e. The van der Waals surface area contributed by atoms with Gasteiger partial charge in [0.1, 0.15) is 5.82 Å². The Labute approximate surface area is 128 Å². The third-order valence-corrected chi connectivity index (χ3v) is 3.88. The summed E-state index contributed by atoms with van der Waals surface area (Å²) in [6, 6.07) is 7.91. The highest BCUT2D eigenvalue weighted by atomic mass is 16.4. The van der Waals surface area contributed by atoms with E-state index in [0.29, 0.717) is 6.54 Å². The highest BCUT2D eigenvalue weighted by Gasteiger charge is 2.35. The number of dihydropyridines is 1. The first-order valence-corrected chi connectivity index (χ1v) is 7.09. The van der Waals surface area contributed by atoms with Crippen LogP contribution >= 0.6 is 0 Å². The summed E-state index contributed by atoms with van der Waals surface area (Å²) in [7, 11) is 1.96. The van der Waals surface area contributed by atoms with Crippen LogP contribution in [0.15, 0.2) is 48.7 Å². The number of carboxylic acid groups (broad SMARTS) is 1. The zero-order chi connectivity index (χ0) is 15.6. The number of hydrogen-bond acceptors (Lipinski definition) is 4. The van der Waals surface area contributed by atoms with Gasteiger partial charge >= 0.3 is 5.97 Å². The number of imidazole rings is 1. The number of para-hydroxylation sites is 2. The maximum Gasteiger partial charge on any atom is 0.334 e. The number of nitrogens with one attached hydrogen (secondary N) is 2. The van der Waals surface area contributed by atoms with E-state index in [9.17, 15) is 9.90 Å². The first-order chi connectivity index (χ1) is 10.6. The second kappa shape index (κ2) is 5.65. The molecule has 3 rings (SSSR count). The number of aliphatic carboxylic acids is 1. The van der Waals surface area contributed by atoms with Gasteiger partial charge in [0, 0.05) is 13.6 Å². The minimum atomic E-state index is -1.11. The monoisotopic (exact) mass is 298 g/mol. The minimum absolute atomic E-state index is 0.270. The van der Waals surface area contributed by atoms with Crippen LogP contribution in [0.1, 0.15) is 5.82 Å². The molecule has 2 aromatic rings. The first-order valence-electron chi connectivity index (χ1n) is 7.09. The quantitative estimate of drug-likeness (QED) is 0.772. The highest BCUT2D eigenvalue weighted by Crippen LogP contribution is 2.15. The average molecular weight is 298 g/mol. The molecule has 0 aliphatic carbocycles. The lowest BCUT2D eigenvalue weighted by Gasteiger charge is -2.28. The van der Waals surface area contributed by atoms with Crippen LogP contribution < -0.4 is 10.6 Å². The fraction of sp³-hybridized carbons (Fsp3) is 0.250. The van der Waals surface area contributed by atoms with Gasteiger partial charge in [-0.2, -0.15) is 0 Å². The Morgan fingerprint density at radius 2 is 2.23 bits per heavy atom. The van der Waals surface area contributed by atoms with E-state index < -0.39 is 11.5 Å². The molecule has 0 saturated heterocycles. The molecule has 1 aromatic carbocycles. The Balaban J connectivity index is 1.71. The van der Waals surface area contributed by atoms with E-state index in [-0.39, 0.29) is 6.54 Å². The second-order valence-electron chi connectivity index (χ2n) is 5.32. The normalized spacial score (nSPS) is 20.2. The Bertz CT molecular complexity index is 763. The van der Waals surface area contributed by atoms with E-state index in [0.717, 1.165) is 16.9 Å². The molecule has 1 atom stereocenters. The van der Waals surface area contributed by atoms with Crippen LogP contribution in [-0.2, 0) is 18.4 Å². The van der Waals surface area contributed by atoms with Gasteiger partial charge in [-0.15, -0.1) is 0 Å².